The lowest BCUT2D eigenvalue weighted by Gasteiger charge is -2.06. The molecule has 0 bridgehead atoms. The molecule has 9 nitrogen and oxygen atoms in total. The van der Waals surface area contributed by atoms with E-state index in [4.69, 9.17) is 11.6 Å². The van der Waals surface area contributed by atoms with Gasteiger partial charge in [-0.1, -0.05) is 29.3 Å². The fourth-order valence-corrected chi connectivity index (χ4v) is 3.41. The minimum Gasteiger partial charge on any atom is -0.349 e. The third kappa shape index (κ3) is 5.18. The molecule has 1 aromatic carbocycles. The summed E-state index contributed by atoms with van der Waals surface area (Å²) in [5.74, 6) is -0.348. The summed E-state index contributed by atoms with van der Waals surface area (Å²) in [5.41, 5.74) is 4.34. The molecule has 3 aromatic rings. The number of aromatic nitrogens is 3. The molecule has 2 N–H and O–H groups in total. The van der Waals surface area contributed by atoms with Crippen molar-refractivity contribution in [3.63, 3.8) is 0 Å². The third-order valence-corrected chi connectivity index (χ3v) is 5.42. The number of hydrogen-bond acceptors (Lipinski definition) is 7. The Morgan fingerprint density at radius 2 is 1.90 bits per heavy atom. The van der Waals surface area contributed by atoms with Crippen LogP contribution in [0, 0.1) is 6.92 Å². The van der Waals surface area contributed by atoms with Crippen LogP contribution in [-0.4, -0.2) is 35.3 Å². The summed E-state index contributed by atoms with van der Waals surface area (Å²) in [6.07, 6.45) is 2.96. The van der Waals surface area contributed by atoms with Gasteiger partial charge in [0, 0.05) is 13.2 Å². The summed E-state index contributed by atoms with van der Waals surface area (Å²) in [6, 6.07) is 10.9. The van der Waals surface area contributed by atoms with Crippen molar-refractivity contribution < 1.29 is 13.2 Å². The topological polar surface area (TPSA) is 118 Å². The highest BCUT2D eigenvalue weighted by molar-refractivity contribution is 7.90. The number of carbonyl (C=O) groups is 1. The lowest BCUT2D eigenvalue weighted by atomic mass is 10.2. The van der Waals surface area contributed by atoms with Crippen LogP contribution in [0.2, 0.25) is 5.15 Å². The molecule has 0 spiro atoms. The van der Waals surface area contributed by atoms with Gasteiger partial charge < -0.3 is 4.57 Å². The van der Waals surface area contributed by atoms with E-state index in [-0.39, 0.29) is 15.6 Å². The van der Waals surface area contributed by atoms with Gasteiger partial charge >= 0.3 is 0 Å². The van der Waals surface area contributed by atoms with Gasteiger partial charge in [-0.2, -0.15) is 5.10 Å². The Balaban J connectivity index is 1.70. The zero-order valence-corrected chi connectivity index (χ0v) is 17.1. The van der Waals surface area contributed by atoms with Crippen LogP contribution in [0.5, 0.6) is 0 Å². The Bertz CT molecular complexity index is 1160. The SMILES string of the molecule is Cc1ccc(S(=O)(=O)NC(=O)c2cc(/C=N/Nc3ccc(Cl)nn3)n(C)c2)cc1. The molecule has 1 amide bonds. The zero-order chi connectivity index (χ0) is 21.0. The van der Waals surface area contributed by atoms with E-state index >= 15 is 0 Å². The maximum atomic E-state index is 12.4. The lowest BCUT2D eigenvalue weighted by molar-refractivity contribution is 0.0981. The van der Waals surface area contributed by atoms with Crippen molar-refractivity contribution in [1.29, 1.82) is 0 Å². The number of carbonyl (C=O) groups excluding carboxylic acids is 1. The normalized spacial score (nSPS) is 11.6. The second-order valence-electron chi connectivity index (χ2n) is 6.12. The first-order valence-electron chi connectivity index (χ1n) is 8.33. The molecule has 0 aliphatic heterocycles. The number of halogens is 1. The van der Waals surface area contributed by atoms with E-state index in [9.17, 15) is 13.2 Å². The molecule has 0 saturated carbocycles. The average Bonchev–Trinajstić information content (AvgIpc) is 3.04. The van der Waals surface area contributed by atoms with E-state index in [1.165, 1.54) is 30.6 Å². The summed E-state index contributed by atoms with van der Waals surface area (Å²) < 4.78 is 28.4. The van der Waals surface area contributed by atoms with Gasteiger partial charge in [0.05, 0.1) is 22.4 Å². The average molecular weight is 433 g/mol. The molecule has 2 aromatic heterocycles. The van der Waals surface area contributed by atoms with Crippen LogP contribution in [0.4, 0.5) is 5.82 Å². The van der Waals surface area contributed by atoms with Crippen molar-refractivity contribution in [2.75, 3.05) is 5.43 Å². The summed E-state index contributed by atoms with van der Waals surface area (Å²) in [4.78, 5) is 12.4. The Kier molecular flexibility index (Phi) is 5.95. The zero-order valence-electron chi connectivity index (χ0n) is 15.5. The third-order valence-electron chi connectivity index (χ3n) is 3.87. The highest BCUT2D eigenvalue weighted by atomic mass is 35.5. The minimum absolute atomic E-state index is 0.0161. The molecule has 0 aliphatic rings. The van der Waals surface area contributed by atoms with Crippen LogP contribution >= 0.6 is 11.6 Å². The molecule has 150 valence electrons. The smallest absolute Gasteiger partial charge is 0.266 e. The number of sulfonamides is 1. The molecule has 11 heteroatoms. The predicted octanol–water partition coefficient (Wildman–Crippen LogP) is 2.34. The maximum absolute atomic E-state index is 12.4. The molecule has 0 fully saturated rings. The summed E-state index contributed by atoms with van der Waals surface area (Å²) in [5, 5.41) is 11.7. The molecule has 0 atom stereocenters. The van der Waals surface area contributed by atoms with Gasteiger partial charge in [-0.05, 0) is 37.3 Å². The van der Waals surface area contributed by atoms with Gasteiger partial charge in [0.15, 0.2) is 11.0 Å². The number of hydrazone groups is 1. The van der Waals surface area contributed by atoms with Crippen LogP contribution < -0.4 is 10.1 Å². The van der Waals surface area contributed by atoms with Gasteiger partial charge in [0.2, 0.25) is 0 Å². The molecule has 29 heavy (non-hydrogen) atoms. The number of nitrogens with one attached hydrogen (secondary N) is 2. The summed E-state index contributed by atoms with van der Waals surface area (Å²) in [7, 11) is -2.26. The maximum Gasteiger partial charge on any atom is 0.266 e. The van der Waals surface area contributed by atoms with E-state index in [1.54, 1.807) is 35.9 Å². The van der Waals surface area contributed by atoms with Crippen molar-refractivity contribution in [3.05, 3.63) is 70.6 Å². The van der Waals surface area contributed by atoms with Gasteiger partial charge in [-0.25, -0.2) is 13.1 Å². The summed E-state index contributed by atoms with van der Waals surface area (Å²) >= 11 is 5.66. The van der Waals surface area contributed by atoms with E-state index in [0.717, 1.165) is 5.56 Å². The standard InChI is InChI=1S/C18H17ClN6O3S/c1-12-3-5-15(6-4-12)29(27,28)24-18(26)13-9-14(25(2)11-13)10-20-22-17-8-7-16(19)21-23-17/h3-11H,1-2H3,(H,22,23)(H,24,26)/b20-10+. The molecule has 0 aliphatic carbocycles. The first-order chi connectivity index (χ1) is 13.7. The van der Waals surface area contributed by atoms with E-state index in [2.05, 4.69) is 25.4 Å². The van der Waals surface area contributed by atoms with E-state index in [0.29, 0.717) is 11.5 Å². The van der Waals surface area contributed by atoms with Crippen LogP contribution in [0.1, 0.15) is 21.6 Å². The van der Waals surface area contributed by atoms with E-state index < -0.39 is 15.9 Å². The van der Waals surface area contributed by atoms with Gasteiger partial charge in [-0.15, -0.1) is 10.2 Å². The highest BCUT2D eigenvalue weighted by Gasteiger charge is 2.19. The highest BCUT2D eigenvalue weighted by Crippen LogP contribution is 2.12. The Morgan fingerprint density at radius 1 is 1.17 bits per heavy atom. The number of benzene rings is 1. The number of hydrogen-bond donors (Lipinski definition) is 2. The Hall–Kier alpha value is -3.24. The number of amides is 1. The van der Waals surface area contributed by atoms with Crippen LogP contribution in [0.25, 0.3) is 0 Å². The molecule has 0 radical (unpaired) electrons. The first-order valence-corrected chi connectivity index (χ1v) is 10.2. The van der Waals surface area contributed by atoms with Crippen LogP contribution in [0.3, 0.4) is 0 Å². The molecular weight excluding hydrogens is 416 g/mol. The second kappa shape index (κ2) is 8.41. The first kappa shape index (κ1) is 20.5. The number of rotatable bonds is 6. The van der Waals surface area contributed by atoms with Crippen molar-refractivity contribution >= 4 is 39.6 Å². The Labute approximate surface area is 172 Å². The second-order valence-corrected chi connectivity index (χ2v) is 8.19. The largest absolute Gasteiger partial charge is 0.349 e. The van der Waals surface area contributed by atoms with E-state index in [1.807, 2.05) is 6.92 Å². The van der Waals surface area contributed by atoms with Gasteiger partial charge in [-0.3, -0.25) is 10.2 Å². The molecular formula is C18H17ClN6O3S. The lowest BCUT2D eigenvalue weighted by Crippen LogP contribution is -2.30. The number of aryl methyl sites for hydroxylation is 2. The summed E-state index contributed by atoms with van der Waals surface area (Å²) in [6.45, 7) is 1.84. The number of anilines is 1. The molecule has 0 unspecified atom stereocenters. The fraction of sp³-hybridized carbons (Fsp3) is 0.111. The van der Waals surface area contributed by atoms with Crippen molar-refractivity contribution in [3.8, 4) is 0 Å². The van der Waals surface area contributed by atoms with Gasteiger partial charge in [0.25, 0.3) is 15.9 Å². The fourth-order valence-electron chi connectivity index (χ4n) is 2.33. The van der Waals surface area contributed by atoms with Crippen LogP contribution in [-0.2, 0) is 17.1 Å². The monoisotopic (exact) mass is 432 g/mol. The van der Waals surface area contributed by atoms with Crippen molar-refractivity contribution in [2.24, 2.45) is 12.1 Å². The quantitative estimate of drug-likeness (QED) is 0.456. The Morgan fingerprint density at radius 3 is 2.55 bits per heavy atom. The molecule has 3 rings (SSSR count). The molecule has 0 saturated heterocycles. The van der Waals surface area contributed by atoms with Crippen LogP contribution in [0.15, 0.2) is 58.7 Å². The number of nitrogens with zero attached hydrogens (tertiary/aromatic N) is 4. The minimum atomic E-state index is -3.97. The van der Waals surface area contributed by atoms with Crippen molar-refractivity contribution in [2.45, 2.75) is 11.8 Å². The predicted molar refractivity (Wildman–Crippen MR) is 110 cm³/mol. The van der Waals surface area contributed by atoms with Crippen molar-refractivity contribution in [1.82, 2.24) is 19.5 Å². The molecule has 2 heterocycles. The van der Waals surface area contributed by atoms with Gasteiger partial charge in [0.1, 0.15) is 0 Å².